The van der Waals surface area contributed by atoms with E-state index < -0.39 is 10.0 Å². The summed E-state index contributed by atoms with van der Waals surface area (Å²) >= 11 is 0. The minimum atomic E-state index is -3.68. The average Bonchev–Trinajstić information content (AvgIpc) is 3.19. The normalized spacial score (nSPS) is 16.8. The lowest BCUT2D eigenvalue weighted by Crippen LogP contribution is -2.37. The van der Waals surface area contributed by atoms with Gasteiger partial charge in [0.15, 0.2) is 0 Å². The smallest absolute Gasteiger partial charge is 0.251 e. The summed E-state index contributed by atoms with van der Waals surface area (Å²) in [5, 5.41) is 6.20. The van der Waals surface area contributed by atoms with Crippen molar-refractivity contribution >= 4 is 28.3 Å². The lowest BCUT2D eigenvalue weighted by atomic mass is 10.2. The Morgan fingerprint density at radius 2 is 1.79 bits per heavy atom. The maximum absolute atomic E-state index is 12.8. The van der Waals surface area contributed by atoms with Crippen LogP contribution in [0.3, 0.4) is 0 Å². The fraction of sp³-hybridized carbons (Fsp3) is 0.611. The molecule has 10 heteroatoms. The van der Waals surface area contributed by atoms with E-state index in [1.165, 1.54) is 42.8 Å². The first-order valence-corrected chi connectivity index (χ1v) is 10.5. The van der Waals surface area contributed by atoms with E-state index >= 15 is 0 Å². The molecule has 1 aliphatic rings. The summed E-state index contributed by atoms with van der Waals surface area (Å²) in [5.41, 5.74) is 0.437. The van der Waals surface area contributed by atoms with Gasteiger partial charge >= 0.3 is 0 Å². The largest absolute Gasteiger partial charge is 0.383 e. The number of sulfonamides is 1. The maximum Gasteiger partial charge on any atom is 0.251 e. The molecule has 8 nitrogen and oxygen atoms in total. The molecule has 1 saturated heterocycles. The Morgan fingerprint density at radius 3 is 2.29 bits per heavy atom. The first-order valence-electron chi connectivity index (χ1n) is 9.08. The van der Waals surface area contributed by atoms with Gasteiger partial charge in [0.25, 0.3) is 5.91 Å². The van der Waals surface area contributed by atoms with Crippen LogP contribution in [0.25, 0.3) is 0 Å². The van der Waals surface area contributed by atoms with E-state index in [0.29, 0.717) is 31.4 Å². The Hall–Kier alpha value is -1.23. The number of hydrogen-bond acceptors (Lipinski definition) is 6. The number of amides is 1. The van der Waals surface area contributed by atoms with Crippen molar-refractivity contribution in [2.24, 2.45) is 0 Å². The van der Waals surface area contributed by atoms with Gasteiger partial charge in [-0.25, -0.2) is 8.42 Å². The van der Waals surface area contributed by atoms with Gasteiger partial charge < -0.3 is 20.1 Å². The van der Waals surface area contributed by atoms with E-state index in [-0.39, 0.29) is 36.3 Å². The molecule has 1 aromatic carbocycles. The predicted octanol–water partition coefficient (Wildman–Crippen LogP) is 0.874. The Kier molecular flexibility index (Phi) is 10.9. The molecule has 0 saturated carbocycles. The molecule has 2 N–H and O–H groups in total. The van der Waals surface area contributed by atoms with Crippen LogP contribution >= 0.6 is 12.4 Å². The predicted molar refractivity (Wildman–Crippen MR) is 110 cm³/mol. The fourth-order valence-corrected chi connectivity index (χ4v) is 4.32. The van der Waals surface area contributed by atoms with Gasteiger partial charge in [0.05, 0.1) is 18.1 Å². The van der Waals surface area contributed by atoms with Crippen LogP contribution in [0.2, 0.25) is 0 Å². The summed E-state index contributed by atoms with van der Waals surface area (Å²) in [7, 11) is -0.635. The summed E-state index contributed by atoms with van der Waals surface area (Å²) in [4.78, 5) is 12.4. The third-order valence-corrected chi connectivity index (χ3v) is 6.43. The topological polar surface area (TPSA) is 97.0 Å². The molecule has 0 bridgehead atoms. The van der Waals surface area contributed by atoms with E-state index in [0.717, 1.165) is 19.4 Å². The van der Waals surface area contributed by atoms with Crippen molar-refractivity contribution in [1.82, 2.24) is 14.9 Å². The van der Waals surface area contributed by atoms with Gasteiger partial charge in [-0.2, -0.15) is 4.31 Å². The van der Waals surface area contributed by atoms with E-state index in [2.05, 4.69) is 10.6 Å². The van der Waals surface area contributed by atoms with Crippen molar-refractivity contribution in [3.8, 4) is 0 Å². The van der Waals surface area contributed by atoms with Crippen LogP contribution < -0.4 is 10.6 Å². The van der Waals surface area contributed by atoms with Crippen molar-refractivity contribution in [3.05, 3.63) is 29.8 Å². The lowest BCUT2D eigenvalue weighted by molar-refractivity contribution is 0.0950. The molecule has 28 heavy (non-hydrogen) atoms. The van der Waals surface area contributed by atoms with Crippen LogP contribution in [0.1, 0.15) is 23.2 Å². The number of methoxy groups -OCH3 is 2. The molecule has 0 aliphatic carbocycles. The Bertz CT molecular complexity index is 686. The number of benzene rings is 1. The van der Waals surface area contributed by atoms with Crippen LogP contribution in [0.5, 0.6) is 0 Å². The van der Waals surface area contributed by atoms with Crippen LogP contribution in [0.15, 0.2) is 29.2 Å². The molecule has 1 aromatic rings. The number of hydrogen-bond donors (Lipinski definition) is 2. The second-order valence-corrected chi connectivity index (χ2v) is 8.36. The highest BCUT2D eigenvalue weighted by Crippen LogP contribution is 2.16. The molecule has 1 amide bonds. The summed E-state index contributed by atoms with van der Waals surface area (Å²) in [6.07, 6.45) is 2.17. The number of nitrogens with zero attached hydrogens (tertiary/aromatic N) is 1. The highest BCUT2D eigenvalue weighted by molar-refractivity contribution is 7.89. The second kappa shape index (κ2) is 12.4. The van der Waals surface area contributed by atoms with Gasteiger partial charge in [-0.15, -0.1) is 12.4 Å². The molecule has 1 atom stereocenters. The maximum atomic E-state index is 12.8. The lowest BCUT2D eigenvalue weighted by Gasteiger charge is -2.21. The first kappa shape index (κ1) is 24.8. The third-order valence-electron chi connectivity index (χ3n) is 4.52. The van der Waals surface area contributed by atoms with Gasteiger partial charge in [-0.3, -0.25) is 4.79 Å². The summed E-state index contributed by atoms with van der Waals surface area (Å²) in [6, 6.07) is 6.31. The fourth-order valence-electron chi connectivity index (χ4n) is 2.91. The zero-order valence-electron chi connectivity index (χ0n) is 16.3. The molecule has 160 valence electrons. The SMILES string of the molecule is COCCN(CCOC)S(=O)(=O)c1ccc(C(=O)NCC2CCCN2)cc1.Cl. The average molecular weight is 436 g/mol. The quantitative estimate of drug-likeness (QED) is 0.535. The molecule has 0 spiro atoms. The molecule has 1 unspecified atom stereocenters. The molecular weight excluding hydrogens is 406 g/mol. The highest BCUT2D eigenvalue weighted by Gasteiger charge is 2.24. The Morgan fingerprint density at radius 1 is 1.18 bits per heavy atom. The Balaban J connectivity index is 0.00000392. The summed E-state index contributed by atoms with van der Waals surface area (Å²) < 4.78 is 37.0. The van der Waals surface area contributed by atoms with Gasteiger partial charge in [0.1, 0.15) is 0 Å². The summed E-state index contributed by atoms with van der Waals surface area (Å²) in [5.74, 6) is -0.205. The molecule has 1 fully saturated rings. The minimum absolute atomic E-state index is 0. The van der Waals surface area contributed by atoms with Gasteiger partial charge in [0, 0.05) is 45.5 Å². The van der Waals surface area contributed by atoms with Gasteiger partial charge in [-0.1, -0.05) is 0 Å². The van der Waals surface area contributed by atoms with Crippen molar-refractivity contribution in [2.45, 2.75) is 23.8 Å². The molecule has 1 aliphatic heterocycles. The number of carbonyl (C=O) groups excluding carboxylic acids is 1. The first-order chi connectivity index (χ1) is 13.0. The van der Waals surface area contributed by atoms with Crippen molar-refractivity contribution in [2.75, 3.05) is 53.6 Å². The van der Waals surface area contributed by atoms with E-state index in [4.69, 9.17) is 9.47 Å². The van der Waals surface area contributed by atoms with Crippen LogP contribution in [0, 0.1) is 0 Å². The van der Waals surface area contributed by atoms with Crippen molar-refractivity contribution in [3.63, 3.8) is 0 Å². The zero-order valence-corrected chi connectivity index (χ0v) is 18.0. The molecule has 0 aromatic heterocycles. The molecular formula is C18H30ClN3O5S. The van der Waals surface area contributed by atoms with Crippen molar-refractivity contribution in [1.29, 1.82) is 0 Å². The minimum Gasteiger partial charge on any atom is -0.383 e. The van der Waals surface area contributed by atoms with E-state index in [1.807, 2.05) is 0 Å². The van der Waals surface area contributed by atoms with Crippen LogP contribution in [0.4, 0.5) is 0 Å². The zero-order chi connectivity index (χ0) is 19.7. The van der Waals surface area contributed by atoms with Crippen LogP contribution in [-0.4, -0.2) is 78.3 Å². The van der Waals surface area contributed by atoms with Gasteiger partial charge in [0.2, 0.25) is 10.0 Å². The number of ether oxygens (including phenoxy) is 2. The standard InChI is InChI=1S/C18H29N3O5S.ClH/c1-25-12-10-21(11-13-26-2)27(23,24)17-7-5-15(6-8-17)18(22)20-14-16-4-3-9-19-16;/h5-8,16,19H,3-4,9-14H2,1-2H3,(H,20,22);1H. The summed E-state index contributed by atoms with van der Waals surface area (Å²) in [6.45, 7) is 2.60. The highest BCUT2D eigenvalue weighted by atomic mass is 35.5. The molecule has 0 radical (unpaired) electrons. The monoisotopic (exact) mass is 435 g/mol. The second-order valence-electron chi connectivity index (χ2n) is 6.42. The number of rotatable bonds is 11. The molecule has 1 heterocycles. The van der Waals surface area contributed by atoms with E-state index in [9.17, 15) is 13.2 Å². The van der Waals surface area contributed by atoms with Crippen molar-refractivity contribution < 1.29 is 22.7 Å². The number of halogens is 1. The number of nitrogens with one attached hydrogen (secondary N) is 2. The third kappa shape index (κ3) is 6.98. The number of carbonyl (C=O) groups is 1. The Labute approximate surface area is 173 Å². The van der Waals surface area contributed by atoms with Crippen LogP contribution in [-0.2, 0) is 19.5 Å². The van der Waals surface area contributed by atoms with Gasteiger partial charge in [-0.05, 0) is 43.7 Å². The van der Waals surface area contributed by atoms with E-state index in [1.54, 1.807) is 0 Å². The molecule has 2 rings (SSSR count).